The van der Waals surface area contributed by atoms with Gasteiger partial charge in [0.1, 0.15) is 5.65 Å². The summed E-state index contributed by atoms with van der Waals surface area (Å²) < 4.78 is 12.5. The number of pyridine rings is 1. The molecule has 3 heterocycles. The zero-order valence-corrected chi connectivity index (χ0v) is 17.6. The van der Waals surface area contributed by atoms with E-state index in [9.17, 15) is 9.59 Å². The van der Waals surface area contributed by atoms with Gasteiger partial charge in [-0.05, 0) is 36.8 Å². The average molecular weight is 429 g/mol. The maximum Gasteiger partial charge on any atom is 0.327 e. The number of hydrogen-bond acceptors (Lipinski definition) is 6. The zero-order valence-electron chi connectivity index (χ0n) is 17.6. The number of nitrogens with zero attached hydrogens (tertiary/aromatic N) is 3. The minimum atomic E-state index is -0.630. The summed E-state index contributed by atoms with van der Waals surface area (Å²) in [6.45, 7) is 1.86. The van der Waals surface area contributed by atoms with Crippen molar-refractivity contribution in [1.29, 1.82) is 0 Å². The van der Waals surface area contributed by atoms with Crippen molar-refractivity contribution in [2.24, 2.45) is 0 Å². The lowest BCUT2D eigenvalue weighted by molar-refractivity contribution is 0.355. The van der Waals surface area contributed by atoms with Crippen molar-refractivity contribution in [2.75, 3.05) is 14.2 Å². The second kappa shape index (κ2) is 7.38. The van der Waals surface area contributed by atoms with Crippen molar-refractivity contribution in [3.8, 4) is 28.3 Å². The fourth-order valence-electron chi connectivity index (χ4n) is 3.96. The van der Waals surface area contributed by atoms with E-state index in [1.54, 1.807) is 31.0 Å². The van der Waals surface area contributed by atoms with E-state index in [0.29, 0.717) is 39.4 Å². The van der Waals surface area contributed by atoms with E-state index >= 15 is 0 Å². The molecule has 32 heavy (non-hydrogen) atoms. The van der Waals surface area contributed by atoms with Crippen LogP contribution in [0.3, 0.4) is 0 Å². The molecule has 9 heteroatoms. The number of nitrogens with one attached hydrogen (secondary N) is 2. The maximum absolute atomic E-state index is 12.9. The molecule has 3 aromatic heterocycles. The second-order valence-electron chi connectivity index (χ2n) is 7.22. The number of benzene rings is 2. The molecule has 0 saturated heterocycles. The summed E-state index contributed by atoms with van der Waals surface area (Å²) in [5.41, 5.74) is 2.33. The lowest BCUT2D eigenvalue weighted by atomic mass is 9.98. The lowest BCUT2D eigenvalue weighted by Gasteiger charge is -2.12. The normalized spacial score (nSPS) is 11.2. The van der Waals surface area contributed by atoms with Gasteiger partial charge in [0.15, 0.2) is 17.1 Å². The average Bonchev–Trinajstić information content (AvgIpc) is 3.13. The van der Waals surface area contributed by atoms with Gasteiger partial charge in [0.2, 0.25) is 0 Å². The molecule has 0 aliphatic heterocycles. The monoisotopic (exact) mass is 429 g/mol. The Bertz CT molecular complexity index is 1600. The van der Waals surface area contributed by atoms with Crippen molar-refractivity contribution in [3.63, 3.8) is 0 Å². The van der Waals surface area contributed by atoms with Crippen molar-refractivity contribution < 1.29 is 9.47 Å². The van der Waals surface area contributed by atoms with Gasteiger partial charge in [-0.15, -0.1) is 0 Å². The van der Waals surface area contributed by atoms with Crippen LogP contribution in [0.15, 0.2) is 58.1 Å². The van der Waals surface area contributed by atoms with E-state index in [2.05, 4.69) is 15.0 Å². The fraction of sp³-hybridized carbons (Fsp3) is 0.130. The first-order chi connectivity index (χ1) is 15.5. The van der Waals surface area contributed by atoms with Gasteiger partial charge in [-0.2, -0.15) is 5.10 Å². The van der Waals surface area contributed by atoms with Crippen LogP contribution in [0.2, 0.25) is 0 Å². The van der Waals surface area contributed by atoms with Crippen LogP contribution in [0.4, 0.5) is 0 Å². The van der Waals surface area contributed by atoms with Crippen LogP contribution in [0.5, 0.6) is 11.5 Å². The summed E-state index contributed by atoms with van der Waals surface area (Å²) in [7, 11) is 3.10. The molecule has 9 nitrogen and oxygen atoms in total. The van der Waals surface area contributed by atoms with Crippen LogP contribution in [-0.2, 0) is 0 Å². The number of H-pyrrole nitrogens is 2. The molecular weight excluding hydrogens is 410 g/mol. The maximum atomic E-state index is 12.9. The first-order valence-corrected chi connectivity index (χ1v) is 9.85. The quantitative estimate of drug-likeness (QED) is 0.454. The summed E-state index contributed by atoms with van der Waals surface area (Å²) in [5, 5.41) is 5.66. The first-order valence-electron chi connectivity index (χ1n) is 9.85. The van der Waals surface area contributed by atoms with Crippen LogP contribution in [-0.4, -0.2) is 39.0 Å². The first kappa shape index (κ1) is 19.6. The minimum absolute atomic E-state index is 0.174. The third-order valence-corrected chi connectivity index (χ3v) is 5.35. The molecule has 0 amide bonds. The molecule has 160 valence electrons. The Morgan fingerprint density at radius 2 is 1.66 bits per heavy atom. The number of aromatic nitrogens is 5. The highest BCUT2D eigenvalue weighted by atomic mass is 16.5. The van der Waals surface area contributed by atoms with Gasteiger partial charge < -0.3 is 9.47 Å². The molecule has 0 atom stereocenters. The Morgan fingerprint density at radius 3 is 2.38 bits per heavy atom. The molecule has 5 rings (SSSR count). The Labute approximate surface area is 181 Å². The SMILES string of the molecule is COc1ccc(-c2c3c(C)nn(-c4ccccc4)c3nc3[nH]c(=O)[nH]c(=O)c23)cc1OC. The Kier molecular flexibility index (Phi) is 4.51. The summed E-state index contributed by atoms with van der Waals surface area (Å²) in [6, 6.07) is 14.9. The summed E-state index contributed by atoms with van der Waals surface area (Å²) >= 11 is 0. The van der Waals surface area contributed by atoms with E-state index in [0.717, 1.165) is 5.69 Å². The van der Waals surface area contributed by atoms with E-state index in [1.165, 1.54) is 0 Å². The predicted molar refractivity (Wildman–Crippen MR) is 121 cm³/mol. The van der Waals surface area contributed by atoms with Crippen molar-refractivity contribution in [3.05, 3.63) is 75.1 Å². The molecule has 0 bridgehead atoms. The highest BCUT2D eigenvalue weighted by Crippen LogP contribution is 2.39. The molecule has 0 radical (unpaired) electrons. The van der Waals surface area contributed by atoms with Crippen LogP contribution in [0.25, 0.3) is 38.9 Å². The summed E-state index contributed by atoms with van der Waals surface area (Å²) in [4.78, 5) is 34.5. The number of aryl methyl sites for hydroxylation is 1. The molecule has 0 saturated carbocycles. The lowest BCUT2D eigenvalue weighted by Crippen LogP contribution is -2.23. The molecular formula is C23H19N5O4. The van der Waals surface area contributed by atoms with Gasteiger partial charge >= 0.3 is 5.69 Å². The van der Waals surface area contributed by atoms with E-state index < -0.39 is 11.2 Å². The van der Waals surface area contributed by atoms with Gasteiger partial charge in [0.25, 0.3) is 5.56 Å². The van der Waals surface area contributed by atoms with Gasteiger partial charge in [-0.25, -0.2) is 14.5 Å². The number of hydrogen-bond donors (Lipinski definition) is 2. The van der Waals surface area contributed by atoms with E-state index in [4.69, 9.17) is 14.6 Å². The Morgan fingerprint density at radius 1 is 0.906 bits per heavy atom. The van der Waals surface area contributed by atoms with Crippen LogP contribution in [0, 0.1) is 6.92 Å². The molecule has 0 aliphatic rings. The Hall–Kier alpha value is -4.40. The number of fused-ring (bicyclic) bond motifs is 2. The third-order valence-electron chi connectivity index (χ3n) is 5.35. The highest BCUT2D eigenvalue weighted by Gasteiger charge is 2.22. The van der Waals surface area contributed by atoms with Crippen LogP contribution >= 0.6 is 0 Å². The molecule has 0 spiro atoms. The molecule has 2 N–H and O–H groups in total. The molecule has 5 aromatic rings. The number of para-hydroxylation sites is 1. The van der Waals surface area contributed by atoms with Crippen molar-refractivity contribution >= 4 is 22.1 Å². The number of aromatic amines is 2. The van der Waals surface area contributed by atoms with Gasteiger partial charge in [-0.3, -0.25) is 14.8 Å². The molecule has 0 unspecified atom stereocenters. The topological polar surface area (TPSA) is 115 Å². The minimum Gasteiger partial charge on any atom is -0.493 e. The molecule has 2 aromatic carbocycles. The highest BCUT2D eigenvalue weighted by molar-refractivity contribution is 6.09. The van der Waals surface area contributed by atoms with Crippen LogP contribution < -0.4 is 20.7 Å². The largest absolute Gasteiger partial charge is 0.493 e. The summed E-state index contributed by atoms with van der Waals surface area (Å²) in [5.74, 6) is 1.07. The van der Waals surface area contributed by atoms with E-state index in [-0.39, 0.29) is 11.0 Å². The standard InChI is InChI=1S/C23H19N5O4/c1-12-17-18(13-9-10-15(31-2)16(11-13)32-3)19-20(25-23(30)26-22(19)29)24-21(17)28(27-12)14-7-5-4-6-8-14/h4-11H,1-3H3,(H2,24,25,26,29,30). The van der Waals surface area contributed by atoms with Gasteiger partial charge in [0, 0.05) is 5.56 Å². The van der Waals surface area contributed by atoms with Gasteiger partial charge in [0.05, 0.1) is 36.4 Å². The number of methoxy groups -OCH3 is 2. The van der Waals surface area contributed by atoms with Crippen LogP contribution in [0.1, 0.15) is 5.69 Å². The predicted octanol–water partition coefficient (Wildman–Crippen LogP) is 2.94. The van der Waals surface area contributed by atoms with E-state index in [1.807, 2.05) is 43.3 Å². The summed E-state index contributed by atoms with van der Waals surface area (Å²) in [6.07, 6.45) is 0. The molecule has 0 fully saturated rings. The Balaban J connectivity index is 1.97. The zero-order chi connectivity index (χ0) is 22.4. The van der Waals surface area contributed by atoms with Crippen molar-refractivity contribution in [1.82, 2.24) is 24.7 Å². The van der Waals surface area contributed by atoms with Gasteiger partial charge in [-0.1, -0.05) is 24.3 Å². The number of rotatable bonds is 4. The number of ether oxygens (including phenoxy) is 2. The third kappa shape index (κ3) is 2.94. The fourth-order valence-corrected chi connectivity index (χ4v) is 3.96. The second-order valence-corrected chi connectivity index (χ2v) is 7.22. The smallest absolute Gasteiger partial charge is 0.327 e. The molecule has 0 aliphatic carbocycles. The van der Waals surface area contributed by atoms with Crippen molar-refractivity contribution in [2.45, 2.75) is 6.92 Å².